The molecule has 5 aromatic carbocycles. The molecule has 0 unspecified atom stereocenters. The van der Waals surface area contributed by atoms with E-state index in [0.29, 0.717) is 33.0 Å². The summed E-state index contributed by atoms with van der Waals surface area (Å²) in [6.07, 6.45) is 10.6. The van der Waals surface area contributed by atoms with E-state index < -0.39 is 0 Å². The molecule has 0 radical (unpaired) electrons. The molecule has 5 aromatic rings. The second kappa shape index (κ2) is 23.4. The molecular weight excluding hydrogens is 741 g/mol. The van der Waals surface area contributed by atoms with Crippen molar-refractivity contribution in [2.24, 2.45) is 0 Å². The number of rotatable bonds is 25. The van der Waals surface area contributed by atoms with Gasteiger partial charge < -0.3 is 23.7 Å². The topological polar surface area (TPSA) is 46.2 Å². The molecule has 0 aromatic heterocycles. The van der Waals surface area contributed by atoms with Crippen LogP contribution in [-0.2, 0) is 0 Å². The summed E-state index contributed by atoms with van der Waals surface area (Å²) < 4.78 is 30.9. The Kier molecular flexibility index (Phi) is 17.2. The predicted molar refractivity (Wildman–Crippen MR) is 251 cm³/mol. The van der Waals surface area contributed by atoms with Crippen LogP contribution >= 0.6 is 0 Å². The zero-order chi connectivity index (χ0) is 41.9. The fourth-order valence-electron chi connectivity index (χ4n) is 7.58. The van der Waals surface area contributed by atoms with Gasteiger partial charge in [-0.15, -0.1) is 0 Å². The molecule has 0 N–H and O–H groups in total. The van der Waals surface area contributed by atoms with Crippen molar-refractivity contribution in [1.29, 1.82) is 0 Å². The van der Waals surface area contributed by atoms with Crippen molar-refractivity contribution in [3.63, 3.8) is 0 Å². The standard InChI is InChI=1S/C55H66O5/c1-6-11-36-56-46-26-16-41(17-27-46)51-52(42-18-28-47(29-19-42)57-37-12-7-2)54(44-22-32-49(33-23-44)59-39-14-9-4)55(45-24-34-50(35-25-45)60-40-15-10-5)53(51)43-20-30-48(31-21-43)58-38-13-8-3/h16-35,51H,6-15,36-40H2,1-5H3. The largest absolute Gasteiger partial charge is 0.494 e. The Labute approximate surface area is 360 Å². The predicted octanol–water partition coefficient (Wildman–Crippen LogP) is 14.9. The zero-order valence-electron chi connectivity index (χ0n) is 36.8. The summed E-state index contributed by atoms with van der Waals surface area (Å²) in [4.78, 5) is 0. The van der Waals surface area contributed by atoms with Gasteiger partial charge in [-0.05, 0) is 143 Å². The van der Waals surface area contributed by atoms with E-state index in [-0.39, 0.29) is 5.92 Å². The lowest BCUT2D eigenvalue weighted by atomic mass is 9.81. The quantitative estimate of drug-likeness (QED) is 0.0550. The third-order valence-electron chi connectivity index (χ3n) is 11.0. The maximum Gasteiger partial charge on any atom is 0.119 e. The Bertz CT molecular complexity index is 1950. The van der Waals surface area contributed by atoms with Gasteiger partial charge in [-0.2, -0.15) is 0 Å². The third-order valence-corrected chi connectivity index (χ3v) is 11.0. The molecule has 5 heteroatoms. The molecule has 0 atom stereocenters. The molecule has 0 saturated heterocycles. The lowest BCUT2D eigenvalue weighted by molar-refractivity contribution is 0.309. The summed E-state index contributed by atoms with van der Waals surface area (Å²) in [5.41, 5.74) is 10.6. The second-order valence-corrected chi connectivity index (χ2v) is 15.7. The van der Waals surface area contributed by atoms with E-state index in [1.807, 2.05) is 0 Å². The van der Waals surface area contributed by atoms with Crippen LogP contribution in [0.15, 0.2) is 121 Å². The van der Waals surface area contributed by atoms with Crippen LogP contribution in [-0.4, -0.2) is 33.0 Å². The van der Waals surface area contributed by atoms with Crippen molar-refractivity contribution in [3.8, 4) is 28.7 Å². The van der Waals surface area contributed by atoms with Crippen LogP contribution < -0.4 is 23.7 Å². The fourth-order valence-corrected chi connectivity index (χ4v) is 7.58. The van der Waals surface area contributed by atoms with Gasteiger partial charge in [-0.3, -0.25) is 0 Å². The number of hydrogen-bond donors (Lipinski definition) is 0. The van der Waals surface area contributed by atoms with E-state index in [4.69, 9.17) is 23.7 Å². The van der Waals surface area contributed by atoms with E-state index in [1.54, 1.807) is 0 Å². The number of unbranched alkanes of at least 4 members (excludes halogenated alkanes) is 5. The van der Waals surface area contributed by atoms with E-state index in [9.17, 15) is 0 Å². The van der Waals surface area contributed by atoms with Gasteiger partial charge in [0.15, 0.2) is 0 Å². The van der Waals surface area contributed by atoms with Crippen molar-refractivity contribution >= 4 is 22.3 Å². The highest BCUT2D eigenvalue weighted by Crippen LogP contribution is 2.59. The summed E-state index contributed by atoms with van der Waals surface area (Å²) >= 11 is 0. The van der Waals surface area contributed by atoms with Crippen molar-refractivity contribution < 1.29 is 23.7 Å². The monoisotopic (exact) mass is 806 g/mol. The first-order valence-corrected chi connectivity index (χ1v) is 22.7. The summed E-state index contributed by atoms with van der Waals surface area (Å²) in [5, 5.41) is 0. The Morgan fingerprint density at radius 3 is 0.783 bits per heavy atom. The van der Waals surface area contributed by atoms with Gasteiger partial charge in [0.2, 0.25) is 0 Å². The Hall–Kier alpha value is -5.42. The highest BCUT2D eigenvalue weighted by atomic mass is 16.5. The molecule has 1 aliphatic carbocycles. The normalized spacial score (nSPS) is 12.9. The molecular formula is C55H66O5. The summed E-state index contributed by atoms with van der Waals surface area (Å²) in [6.45, 7) is 14.5. The summed E-state index contributed by atoms with van der Waals surface area (Å²) in [7, 11) is 0. The number of ether oxygens (including phenoxy) is 5. The minimum absolute atomic E-state index is 0.112. The van der Waals surface area contributed by atoms with Crippen molar-refractivity contribution in [2.75, 3.05) is 33.0 Å². The fraction of sp³-hybridized carbons (Fsp3) is 0.382. The van der Waals surface area contributed by atoms with Crippen molar-refractivity contribution in [2.45, 2.75) is 105 Å². The molecule has 0 amide bonds. The molecule has 6 rings (SSSR count). The van der Waals surface area contributed by atoms with Crippen molar-refractivity contribution in [1.82, 2.24) is 0 Å². The first-order valence-electron chi connectivity index (χ1n) is 22.7. The maximum atomic E-state index is 6.19. The zero-order valence-corrected chi connectivity index (χ0v) is 36.8. The lowest BCUT2D eigenvalue weighted by Gasteiger charge is -2.23. The molecule has 0 aliphatic heterocycles. The second-order valence-electron chi connectivity index (χ2n) is 15.7. The Morgan fingerprint density at radius 1 is 0.300 bits per heavy atom. The van der Waals surface area contributed by atoms with E-state index in [2.05, 4.69) is 156 Å². The van der Waals surface area contributed by atoms with Crippen LogP contribution in [0.5, 0.6) is 28.7 Å². The molecule has 0 fully saturated rings. The molecule has 0 heterocycles. The average molecular weight is 807 g/mol. The van der Waals surface area contributed by atoms with Crippen LogP contribution in [0.2, 0.25) is 0 Å². The van der Waals surface area contributed by atoms with Gasteiger partial charge in [0.05, 0.1) is 33.0 Å². The van der Waals surface area contributed by atoms with E-state index >= 15 is 0 Å². The van der Waals surface area contributed by atoms with Crippen LogP contribution in [0.3, 0.4) is 0 Å². The van der Waals surface area contributed by atoms with Gasteiger partial charge in [0.1, 0.15) is 28.7 Å². The Balaban J connectivity index is 1.59. The minimum Gasteiger partial charge on any atom is -0.494 e. The molecule has 5 nitrogen and oxygen atoms in total. The number of benzene rings is 5. The summed E-state index contributed by atoms with van der Waals surface area (Å²) in [5.74, 6) is 4.32. The molecule has 1 aliphatic rings. The number of allylic oxidation sites excluding steroid dienone is 4. The van der Waals surface area contributed by atoms with Gasteiger partial charge in [-0.1, -0.05) is 127 Å². The lowest BCUT2D eigenvalue weighted by Crippen LogP contribution is -2.04. The minimum atomic E-state index is -0.112. The van der Waals surface area contributed by atoms with Crippen LogP contribution in [0.1, 0.15) is 133 Å². The maximum absolute atomic E-state index is 6.19. The molecule has 316 valence electrons. The first kappa shape index (κ1) is 44.1. The van der Waals surface area contributed by atoms with Crippen molar-refractivity contribution in [3.05, 3.63) is 149 Å². The van der Waals surface area contributed by atoms with Crippen LogP contribution in [0.25, 0.3) is 22.3 Å². The summed E-state index contributed by atoms with van der Waals surface area (Å²) in [6, 6.07) is 43.7. The average Bonchev–Trinajstić information content (AvgIpc) is 3.64. The SMILES string of the molecule is CCCCOc1ccc(C2=C(c3ccc(OCCCC)cc3)C(c3ccc(OCCCC)cc3)C(c3ccc(OCCCC)cc3)=C2c2ccc(OCCCC)cc2)cc1. The van der Waals surface area contributed by atoms with Gasteiger partial charge in [-0.25, -0.2) is 0 Å². The van der Waals surface area contributed by atoms with Crippen LogP contribution in [0.4, 0.5) is 0 Å². The first-order chi connectivity index (χ1) is 29.6. The third kappa shape index (κ3) is 11.6. The van der Waals surface area contributed by atoms with Gasteiger partial charge >= 0.3 is 0 Å². The van der Waals surface area contributed by atoms with Gasteiger partial charge in [0, 0.05) is 5.92 Å². The Morgan fingerprint density at radius 2 is 0.533 bits per heavy atom. The van der Waals surface area contributed by atoms with E-state index in [0.717, 1.165) is 115 Å². The number of hydrogen-bond acceptors (Lipinski definition) is 5. The van der Waals surface area contributed by atoms with E-state index in [1.165, 1.54) is 27.9 Å². The highest BCUT2D eigenvalue weighted by molar-refractivity contribution is 6.29. The molecule has 60 heavy (non-hydrogen) atoms. The van der Waals surface area contributed by atoms with Gasteiger partial charge in [0.25, 0.3) is 0 Å². The molecule has 0 saturated carbocycles. The molecule has 0 bridgehead atoms. The highest BCUT2D eigenvalue weighted by Gasteiger charge is 2.38. The molecule has 0 spiro atoms. The smallest absolute Gasteiger partial charge is 0.119 e. The van der Waals surface area contributed by atoms with Crippen LogP contribution in [0, 0.1) is 0 Å².